The summed E-state index contributed by atoms with van der Waals surface area (Å²) in [5.74, 6) is -0.694. The van der Waals surface area contributed by atoms with Crippen molar-refractivity contribution in [2.45, 2.75) is 6.92 Å². The number of hydrogen-bond donors (Lipinski definition) is 2. The lowest BCUT2D eigenvalue weighted by molar-refractivity contribution is 0.0663. The van der Waals surface area contributed by atoms with Crippen molar-refractivity contribution in [1.29, 1.82) is 0 Å². The fourth-order valence-corrected chi connectivity index (χ4v) is 2.56. The summed E-state index contributed by atoms with van der Waals surface area (Å²) >= 11 is 0. The van der Waals surface area contributed by atoms with E-state index in [1.807, 2.05) is 19.1 Å². The molecule has 26 heavy (non-hydrogen) atoms. The molecule has 0 fully saturated rings. The first kappa shape index (κ1) is 17.3. The van der Waals surface area contributed by atoms with E-state index in [-0.39, 0.29) is 11.7 Å². The number of hydrogen-bond acceptors (Lipinski definition) is 4. The second-order valence-electron chi connectivity index (χ2n) is 5.71. The van der Waals surface area contributed by atoms with Crippen LogP contribution >= 0.6 is 0 Å². The maximum Gasteiger partial charge on any atom is 0.371 e. The predicted molar refractivity (Wildman–Crippen MR) is 96.8 cm³/mol. The molecular weight excluding hydrogens is 334 g/mol. The molecule has 3 rings (SSSR count). The number of carboxylic acids is 1. The van der Waals surface area contributed by atoms with Gasteiger partial charge in [0.15, 0.2) is 0 Å². The van der Waals surface area contributed by atoms with Gasteiger partial charge in [-0.25, -0.2) is 4.79 Å². The minimum Gasteiger partial charge on any atom is -0.496 e. The molecule has 0 aliphatic rings. The highest BCUT2D eigenvalue weighted by Crippen LogP contribution is 2.33. The molecule has 132 valence electrons. The molecule has 0 unspecified atom stereocenters. The van der Waals surface area contributed by atoms with Crippen molar-refractivity contribution in [3.63, 3.8) is 0 Å². The van der Waals surface area contributed by atoms with Crippen molar-refractivity contribution in [2.24, 2.45) is 0 Å². The first-order valence-corrected chi connectivity index (χ1v) is 7.87. The van der Waals surface area contributed by atoms with Crippen LogP contribution in [0.15, 0.2) is 59.0 Å². The van der Waals surface area contributed by atoms with Gasteiger partial charge in [0.25, 0.3) is 5.91 Å². The molecule has 0 radical (unpaired) electrons. The van der Waals surface area contributed by atoms with Crippen LogP contribution in [0.3, 0.4) is 0 Å². The third-order valence-corrected chi connectivity index (χ3v) is 3.82. The Balaban J connectivity index is 1.86. The minimum atomic E-state index is -1.14. The number of nitrogens with one attached hydrogen (secondary N) is 1. The van der Waals surface area contributed by atoms with Crippen molar-refractivity contribution < 1.29 is 23.8 Å². The summed E-state index contributed by atoms with van der Waals surface area (Å²) in [7, 11) is 1.49. The molecule has 0 aliphatic heterocycles. The molecule has 0 saturated carbocycles. The van der Waals surface area contributed by atoms with Crippen molar-refractivity contribution in [3.8, 4) is 17.1 Å². The van der Waals surface area contributed by atoms with Crippen LogP contribution in [0.2, 0.25) is 0 Å². The summed E-state index contributed by atoms with van der Waals surface area (Å²) in [6.07, 6.45) is 0. The normalized spacial score (nSPS) is 10.4. The van der Waals surface area contributed by atoms with Gasteiger partial charge in [-0.3, -0.25) is 4.79 Å². The quantitative estimate of drug-likeness (QED) is 0.719. The number of methoxy groups -OCH3 is 1. The van der Waals surface area contributed by atoms with Gasteiger partial charge >= 0.3 is 5.97 Å². The molecule has 6 nitrogen and oxygen atoms in total. The van der Waals surface area contributed by atoms with E-state index in [2.05, 4.69) is 5.32 Å². The van der Waals surface area contributed by atoms with Crippen molar-refractivity contribution in [2.75, 3.05) is 12.4 Å². The average Bonchev–Trinajstić information content (AvgIpc) is 3.11. The molecule has 0 atom stereocenters. The molecule has 0 bridgehead atoms. The van der Waals surface area contributed by atoms with Crippen molar-refractivity contribution >= 4 is 17.6 Å². The molecule has 1 amide bonds. The Morgan fingerprint density at radius 3 is 2.54 bits per heavy atom. The lowest BCUT2D eigenvalue weighted by Gasteiger charge is -2.11. The van der Waals surface area contributed by atoms with E-state index < -0.39 is 5.97 Å². The van der Waals surface area contributed by atoms with Gasteiger partial charge in [-0.1, -0.05) is 17.7 Å². The largest absolute Gasteiger partial charge is 0.496 e. The van der Waals surface area contributed by atoms with Crippen molar-refractivity contribution in [1.82, 2.24) is 0 Å². The first-order chi connectivity index (χ1) is 12.5. The maximum atomic E-state index is 12.4. The van der Waals surface area contributed by atoms with Gasteiger partial charge in [0.2, 0.25) is 5.76 Å². The SMILES string of the molecule is COc1cc(NC(=O)c2cccc(C)c2)ccc1-c1ccc(C(=O)O)o1. The zero-order chi connectivity index (χ0) is 18.7. The lowest BCUT2D eigenvalue weighted by atomic mass is 10.1. The van der Waals surface area contributed by atoms with E-state index >= 15 is 0 Å². The van der Waals surface area contributed by atoms with Gasteiger partial charge in [0.05, 0.1) is 12.7 Å². The highest BCUT2D eigenvalue weighted by molar-refractivity contribution is 6.04. The number of benzene rings is 2. The van der Waals surface area contributed by atoms with Crippen LogP contribution < -0.4 is 10.1 Å². The molecule has 2 N–H and O–H groups in total. The molecule has 1 aromatic heterocycles. The summed E-state index contributed by atoms with van der Waals surface area (Å²) in [4.78, 5) is 23.3. The summed E-state index contributed by atoms with van der Waals surface area (Å²) in [6.45, 7) is 1.92. The first-order valence-electron chi connectivity index (χ1n) is 7.87. The number of furan rings is 1. The van der Waals surface area contributed by atoms with Crippen LogP contribution in [0, 0.1) is 6.92 Å². The Morgan fingerprint density at radius 2 is 1.88 bits per heavy atom. The number of ether oxygens (including phenoxy) is 1. The Kier molecular flexibility index (Phi) is 4.75. The zero-order valence-electron chi connectivity index (χ0n) is 14.3. The lowest BCUT2D eigenvalue weighted by Crippen LogP contribution is -2.12. The Hall–Kier alpha value is -3.54. The van der Waals surface area contributed by atoms with E-state index in [0.717, 1.165) is 5.56 Å². The second kappa shape index (κ2) is 7.14. The number of carbonyl (C=O) groups is 2. The Bertz CT molecular complexity index is 974. The van der Waals surface area contributed by atoms with Gasteiger partial charge < -0.3 is 19.6 Å². The number of amides is 1. The zero-order valence-corrected chi connectivity index (χ0v) is 14.3. The summed E-state index contributed by atoms with van der Waals surface area (Å²) in [6, 6.07) is 15.3. The summed E-state index contributed by atoms with van der Waals surface area (Å²) in [5, 5.41) is 11.8. The van der Waals surface area contributed by atoms with E-state index in [1.54, 1.807) is 36.4 Å². The number of aryl methyl sites for hydroxylation is 1. The molecule has 2 aromatic carbocycles. The summed E-state index contributed by atoms with van der Waals surface area (Å²) in [5.41, 5.74) is 2.71. The van der Waals surface area contributed by atoms with Crippen LogP contribution in [-0.4, -0.2) is 24.1 Å². The summed E-state index contributed by atoms with van der Waals surface area (Å²) < 4.78 is 10.7. The molecule has 0 spiro atoms. The van der Waals surface area contributed by atoms with Gasteiger partial charge in [-0.2, -0.15) is 0 Å². The number of carboxylic acid groups (broad SMARTS) is 1. The molecule has 6 heteroatoms. The van der Waals surface area contributed by atoms with E-state index in [0.29, 0.717) is 28.3 Å². The standard InChI is InChI=1S/C20H17NO5/c1-12-4-3-5-13(10-12)19(22)21-14-6-7-15(18(11-14)25-2)16-8-9-17(26-16)20(23)24/h3-11H,1-2H3,(H,21,22)(H,23,24). The van der Waals surface area contributed by atoms with E-state index in [1.165, 1.54) is 13.2 Å². The van der Waals surface area contributed by atoms with Crippen LogP contribution in [0.4, 0.5) is 5.69 Å². The number of carbonyl (C=O) groups excluding carboxylic acids is 1. The number of rotatable bonds is 5. The van der Waals surface area contributed by atoms with Gasteiger partial charge in [0, 0.05) is 17.3 Å². The van der Waals surface area contributed by atoms with Crippen LogP contribution in [0.25, 0.3) is 11.3 Å². The monoisotopic (exact) mass is 351 g/mol. The van der Waals surface area contributed by atoms with Crippen molar-refractivity contribution in [3.05, 3.63) is 71.5 Å². The average molecular weight is 351 g/mol. The third kappa shape index (κ3) is 3.59. The highest BCUT2D eigenvalue weighted by atomic mass is 16.5. The molecular formula is C20H17NO5. The predicted octanol–water partition coefficient (Wildman–Crippen LogP) is 4.21. The Labute approximate surface area is 150 Å². The Morgan fingerprint density at radius 1 is 1.08 bits per heavy atom. The smallest absolute Gasteiger partial charge is 0.371 e. The fourth-order valence-electron chi connectivity index (χ4n) is 2.56. The third-order valence-electron chi connectivity index (χ3n) is 3.82. The van der Waals surface area contributed by atoms with Gasteiger partial charge in [-0.05, 0) is 43.3 Å². The van der Waals surface area contributed by atoms with Crippen LogP contribution in [0.5, 0.6) is 5.75 Å². The van der Waals surface area contributed by atoms with Gasteiger partial charge in [-0.15, -0.1) is 0 Å². The highest BCUT2D eigenvalue weighted by Gasteiger charge is 2.15. The fraction of sp³-hybridized carbons (Fsp3) is 0.100. The maximum absolute atomic E-state index is 12.4. The number of aromatic carboxylic acids is 1. The molecule has 1 heterocycles. The van der Waals surface area contributed by atoms with E-state index in [9.17, 15) is 9.59 Å². The van der Waals surface area contributed by atoms with Crippen LogP contribution in [-0.2, 0) is 0 Å². The van der Waals surface area contributed by atoms with Crippen LogP contribution in [0.1, 0.15) is 26.5 Å². The second-order valence-corrected chi connectivity index (χ2v) is 5.71. The number of anilines is 1. The molecule has 0 aliphatic carbocycles. The van der Waals surface area contributed by atoms with Gasteiger partial charge in [0.1, 0.15) is 11.5 Å². The topological polar surface area (TPSA) is 88.8 Å². The van der Waals surface area contributed by atoms with E-state index in [4.69, 9.17) is 14.3 Å². The molecule has 3 aromatic rings. The minimum absolute atomic E-state index is 0.154. The molecule has 0 saturated heterocycles.